The van der Waals surface area contributed by atoms with Crippen molar-refractivity contribution in [2.75, 3.05) is 33.0 Å². The Morgan fingerprint density at radius 1 is 0.667 bits per heavy atom. The molecule has 0 saturated carbocycles. The standard InChI is InChI=1S/2C4H6O3.C3H4O3.3C2H6.CH2O3.3CH4/c1-3-2-6-4(5)7-3;5-4-6-2-1-3-7-4;4-3-5-1-2-6-3;3*1-2;2-1(3)4;;;/h3H,2H2,1H3;1-3H2;1-2H2;3*1-2H3;(H2,2,3,4);3*1H4. The molecule has 0 aromatic carbocycles. The van der Waals surface area contributed by atoms with Crippen molar-refractivity contribution in [3.8, 4) is 0 Å². The lowest BCUT2D eigenvalue weighted by Gasteiger charge is -2.09. The van der Waals surface area contributed by atoms with Crippen molar-refractivity contribution in [2.45, 2.75) is 83.3 Å². The highest BCUT2D eigenvalue weighted by molar-refractivity contribution is 5.61. The molecule has 1 atom stereocenters. The Morgan fingerprint density at radius 3 is 1.09 bits per heavy atom. The quantitative estimate of drug-likeness (QED) is 0.281. The van der Waals surface area contributed by atoms with Crippen molar-refractivity contribution >= 4 is 24.6 Å². The predicted octanol–water partition coefficient (Wildman–Crippen LogP) is 6.45. The molecule has 0 bridgehead atoms. The molecule has 3 saturated heterocycles. The van der Waals surface area contributed by atoms with E-state index in [0.29, 0.717) is 33.0 Å². The molecule has 0 aromatic heterocycles. The summed E-state index contributed by atoms with van der Waals surface area (Å²) in [6.45, 7) is 16.0. The van der Waals surface area contributed by atoms with Gasteiger partial charge in [-0.2, -0.15) is 0 Å². The van der Waals surface area contributed by atoms with Crippen molar-refractivity contribution in [2.24, 2.45) is 0 Å². The Bertz CT molecular complexity index is 400. The van der Waals surface area contributed by atoms with Crippen molar-refractivity contribution < 1.29 is 57.8 Å². The van der Waals surface area contributed by atoms with Crippen molar-refractivity contribution in [3.05, 3.63) is 0 Å². The summed E-state index contributed by atoms with van der Waals surface area (Å²) in [5, 5.41) is 13.9. The van der Waals surface area contributed by atoms with Crippen LogP contribution in [0.3, 0.4) is 0 Å². The second kappa shape index (κ2) is 39.5. The lowest BCUT2D eigenvalue weighted by molar-refractivity contribution is 0.0192. The maximum absolute atomic E-state index is 10.0. The smallest absolute Gasteiger partial charge is 0.450 e. The Balaban J connectivity index is -0.0000000500. The largest absolute Gasteiger partial charge is 0.508 e. The Kier molecular flexibility index (Phi) is 57.2. The van der Waals surface area contributed by atoms with Crippen LogP contribution < -0.4 is 0 Å². The van der Waals surface area contributed by atoms with E-state index in [2.05, 4.69) is 28.4 Å². The van der Waals surface area contributed by atoms with Crippen molar-refractivity contribution in [1.29, 1.82) is 0 Å². The molecule has 1 unspecified atom stereocenters. The number of rotatable bonds is 0. The number of cyclic esters (lactones) is 6. The van der Waals surface area contributed by atoms with Crippen LogP contribution in [0.25, 0.3) is 0 Å². The highest BCUT2D eigenvalue weighted by Crippen LogP contribution is 2.03. The second-order valence-corrected chi connectivity index (χ2v) is 4.02. The molecule has 2 N–H and O–H groups in total. The molecule has 3 rings (SSSR count). The lowest BCUT2D eigenvalue weighted by atomic mass is 10.5. The van der Waals surface area contributed by atoms with E-state index in [9.17, 15) is 14.4 Å². The summed E-state index contributed by atoms with van der Waals surface area (Å²) in [7, 11) is 0. The minimum atomic E-state index is -1.83. The van der Waals surface area contributed by atoms with Gasteiger partial charge in [-0.3, -0.25) is 0 Å². The zero-order valence-electron chi connectivity index (χ0n) is 18.8. The van der Waals surface area contributed by atoms with E-state index >= 15 is 0 Å². The summed E-state index contributed by atoms with van der Waals surface area (Å²) < 4.78 is 26.3. The van der Waals surface area contributed by atoms with Gasteiger partial charge in [0, 0.05) is 6.42 Å². The molecular formula is C21H48O12. The van der Waals surface area contributed by atoms with E-state index < -0.39 is 24.6 Å². The van der Waals surface area contributed by atoms with Crippen LogP contribution in [-0.4, -0.2) is 74.0 Å². The van der Waals surface area contributed by atoms with E-state index in [0.717, 1.165) is 6.42 Å². The van der Waals surface area contributed by atoms with Gasteiger partial charge in [0.25, 0.3) is 0 Å². The summed E-state index contributed by atoms with van der Waals surface area (Å²) in [6.07, 6.45) is -2.69. The van der Waals surface area contributed by atoms with Crippen LogP contribution in [0.4, 0.5) is 19.2 Å². The molecule has 204 valence electrons. The number of ether oxygens (including phenoxy) is 6. The molecule has 12 nitrogen and oxygen atoms in total. The highest BCUT2D eigenvalue weighted by atomic mass is 16.8. The third-order valence-corrected chi connectivity index (χ3v) is 1.98. The van der Waals surface area contributed by atoms with Crippen LogP contribution in [0, 0.1) is 0 Å². The Morgan fingerprint density at radius 2 is 0.970 bits per heavy atom. The first-order valence-electron chi connectivity index (χ1n) is 9.65. The Hall–Kier alpha value is -2.92. The zero-order valence-corrected chi connectivity index (χ0v) is 18.8. The van der Waals surface area contributed by atoms with E-state index in [4.69, 9.17) is 15.0 Å². The van der Waals surface area contributed by atoms with Crippen LogP contribution >= 0.6 is 0 Å². The van der Waals surface area contributed by atoms with E-state index in [-0.39, 0.29) is 28.4 Å². The van der Waals surface area contributed by atoms with Gasteiger partial charge in [0.1, 0.15) is 25.9 Å². The number of carbonyl (C=O) groups is 4. The van der Waals surface area contributed by atoms with E-state index in [1.807, 2.05) is 41.5 Å². The van der Waals surface area contributed by atoms with Gasteiger partial charge >= 0.3 is 24.6 Å². The predicted molar refractivity (Wildman–Crippen MR) is 126 cm³/mol. The van der Waals surface area contributed by atoms with Gasteiger partial charge in [-0.1, -0.05) is 63.8 Å². The van der Waals surface area contributed by atoms with E-state index in [1.165, 1.54) is 0 Å². The fraction of sp³-hybridized carbons (Fsp3) is 0.810. The van der Waals surface area contributed by atoms with Gasteiger partial charge in [0.15, 0.2) is 0 Å². The first-order chi connectivity index (χ1) is 14.3. The molecule has 0 aliphatic carbocycles. The summed E-state index contributed by atoms with van der Waals surface area (Å²) in [5.41, 5.74) is 0. The fourth-order valence-electron chi connectivity index (χ4n) is 1.12. The fourth-order valence-corrected chi connectivity index (χ4v) is 1.12. The number of hydrogen-bond donors (Lipinski definition) is 2. The van der Waals surface area contributed by atoms with Crippen LogP contribution in [0.1, 0.15) is 77.2 Å². The third kappa shape index (κ3) is 48.0. The average Bonchev–Trinajstić information content (AvgIpc) is 3.38. The molecule has 3 aliphatic heterocycles. The minimum absolute atomic E-state index is 0. The van der Waals surface area contributed by atoms with Crippen molar-refractivity contribution in [3.63, 3.8) is 0 Å². The SMILES string of the molecule is C.C.C.CC.CC.CC.CC1COC(=O)O1.O=C(O)O.O=C1OCCCO1.O=C1OCCO1. The Labute approximate surface area is 199 Å². The molecule has 33 heavy (non-hydrogen) atoms. The normalized spacial score (nSPS) is 15.4. The molecule has 3 aliphatic rings. The lowest BCUT2D eigenvalue weighted by Crippen LogP contribution is -2.16. The van der Waals surface area contributed by atoms with Gasteiger partial charge in [0.05, 0.1) is 13.2 Å². The maximum Gasteiger partial charge on any atom is 0.508 e. The topological polar surface area (TPSA) is 164 Å². The van der Waals surface area contributed by atoms with Gasteiger partial charge in [-0.15, -0.1) is 0 Å². The summed E-state index contributed by atoms with van der Waals surface area (Å²) in [5.74, 6) is 0. The zero-order chi connectivity index (χ0) is 24.4. The average molecular weight is 493 g/mol. The van der Waals surface area contributed by atoms with Crippen LogP contribution in [0.5, 0.6) is 0 Å². The van der Waals surface area contributed by atoms with Crippen LogP contribution in [-0.2, 0) is 28.4 Å². The molecule has 0 aromatic rings. The number of carbonyl (C=O) groups excluding carboxylic acids is 3. The molecule has 3 heterocycles. The maximum atomic E-state index is 10.0. The molecule has 12 heteroatoms. The first-order valence-corrected chi connectivity index (χ1v) is 9.65. The summed E-state index contributed by atoms with van der Waals surface area (Å²) in [4.78, 5) is 38.4. The van der Waals surface area contributed by atoms with Crippen molar-refractivity contribution in [1.82, 2.24) is 0 Å². The van der Waals surface area contributed by atoms with Gasteiger partial charge in [-0.25, -0.2) is 19.2 Å². The van der Waals surface area contributed by atoms with Gasteiger partial charge in [0.2, 0.25) is 0 Å². The molecule has 0 spiro atoms. The molecule has 0 radical (unpaired) electrons. The highest BCUT2D eigenvalue weighted by Gasteiger charge is 2.19. The molecular weight excluding hydrogens is 444 g/mol. The summed E-state index contributed by atoms with van der Waals surface area (Å²) in [6, 6.07) is 0. The van der Waals surface area contributed by atoms with Crippen LogP contribution in [0.2, 0.25) is 0 Å². The van der Waals surface area contributed by atoms with E-state index in [1.54, 1.807) is 6.92 Å². The van der Waals surface area contributed by atoms with Crippen LogP contribution in [0.15, 0.2) is 0 Å². The third-order valence-electron chi connectivity index (χ3n) is 1.98. The number of hydrogen-bond acceptors (Lipinski definition) is 10. The first kappa shape index (κ1) is 47.8. The van der Waals surface area contributed by atoms with Gasteiger partial charge in [-0.05, 0) is 6.92 Å². The monoisotopic (exact) mass is 492 g/mol. The second-order valence-electron chi connectivity index (χ2n) is 4.02. The molecule has 3 fully saturated rings. The van der Waals surface area contributed by atoms with Gasteiger partial charge < -0.3 is 38.6 Å². The molecule has 0 amide bonds. The number of carboxylic acid groups (broad SMARTS) is 2. The summed E-state index contributed by atoms with van der Waals surface area (Å²) >= 11 is 0. The minimum Gasteiger partial charge on any atom is -0.450 e.